The van der Waals surface area contributed by atoms with Gasteiger partial charge >= 0.3 is 0 Å². The fourth-order valence-electron chi connectivity index (χ4n) is 1.33. The van der Waals surface area contributed by atoms with E-state index in [1.54, 1.807) is 0 Å². The number of carbonyl (C=O) groups excluding carboxylic acids is 1. The molecular formula is C13H17FN2O. The third kappa shape index (κ3) is 4.68. The first-order valence-electron chi connectivity index (χ1n) is 5.48. The standard InChI is InChI=1S/C13H17FN2O/c1-9(3-4-10(2)15)13(17)16-12-7-5-11(14)6-8-12/h5-9H,2-4,15H2,1H3,(H,16,17). The highest BCUT2D eigenvalue weighted by atomic mass is 19.1. The zero-order chi connectivity index (χ0) is 12.8. The van der Waals surface area contributed by atoms with Crippen LogP contribution in [-0.2, 0) is 4.79 Å². The summed E-state index contributed by atoms with van der Waals surface area (Å²) in [5, 5.41) is 2.72. The number of carbonyl (C=O) groups is 1. The Kier molecular flexibility index (Phi) is 4.69. The molecule has 1 aromatic carbocycles. The average molecular weight is 236 g/mol. The van der Waals surface area contributed by atoms with Crippen molar-refractivity contribution in [2.75, 3.05) is 5.32 Å². The van der Waals surface area contributed by atoms with E-state index in [0.29, 0.717) is 24.2 Å². The van der Waals surface area contributed by atoms with Gasteiger partial charge in [0.1, 0.15) is 5.82 Å². The monoisotopic (exact) mass is 236 g/mol. The van der Waals surface area contributed by atoms with Gasteiger partial charge in [-0.2, -0.15) is 0 Å². The van der Waals surface area contributed by atoms with Crippen LogP contribution in [0.3, 0.4) is 0 Å². The third-order valence-electron chi connectivity index (χ3n) is 2.46. The van der Waals surface area contributed by atoms with Gasteiger partial charge in [0.05, 0.1) is 0 Å². The molecule has 0 bridgehead atoms. The Labute approximate surface area is 101 Å². The van der Waals surface area contributed by atoms with Gasteiger partial charge in [0.15, 0.2) is 0 Å². The van der Waals surface area contributed by atoms with E-state index in [1.165, 1.54) is 24.3 Å². The number of hydrogen-bond acceptors (Lipinski definition) is 2. The number of anilines is 1. The van der Waals surface area contributed by atoms with Crippen molar-refractivity contribution in [2.24, 2.45) is 11.7 Å². The van der Waals surface area contributed by atoms with E-state index < -0.39 is 0 Å². The molecule has 3 nitrogen and oxygen atoms in total. The molecule has 1 rings (SSSR count). The minimum absolute atomic E-state index is 0.0992. The lowest BCUT2D eigenvalue weighted by Crippen LogP contribution is -2.20. The second-order valence-corrected chi connectivity index (χ2v) is 4.09. The molecule has 1 unspecified atom stereocenters. The van der Waals surface area contributed by atoms with Crippen molar-refractivity contribution < 1.29 is 9.18 Å². The second-order valence-electron chi connectivity index (χ2n) is 4.09. The smallest absolute Gasteiger partial charge is 0.227 e. The highest BCUT2D eigenvalue weighted by Gasteiger charge is 2.12. The van der Waals surface area contributed by atoms with Crippen molar-refractivity contribution in [2.45, 2.75) is 19.8 Å². The Bertz CT molecular complexity index is 400. The maximum atomic E-state index is 12.7. The predicted molar refractivity (Wildman–Crippen MR) is 66.8 cm³/mol. The van der Waals surface area contributed by atoms with Crippen molar-refractivity contribution in [1.82, 2.24) is 0 Å². The normalized spacial score (nSPS) is 11.9. The summed E-state index contributed by atoms with van der Waals surface area (Å²) in [7, 11) is 0. The van der Waals surface area contributed by atoms with Crippen LogP contribution in [0.5, 0.6) is 0 Å². The maximum Gasteiger partial charge on any atom is 0.227 e. The van der Waals surface area contributed by atoms with Crippen LogP contribution in [-0.4, -0.2) is 5.91 Å². The van der Waals surface area contributed by atoms with Crippen molar-refractivity contribution in [3.8, 4) is 0 Å². The number of benzene rings is 1. The fraction of sp³-hybridized carbons (Fsp3) is 0.308. The van der Waals surface area contributed by atoms with Gasteiger partial charge in [-0.1, -0.05) is 13.5 Å². The molecule has 0 heterocycles. The van der Waals surface area contributed by atoms with E-state index >= 15 is 0 Å². The summed E-state index contributed by atoms with van der Waals surface area (Å²) in [5.74, 6) is -0.575. The van der Waals surface area contributed by atoms with Gasteiger partial charge in [-0.15, -0.1) is 0 Å². The van der Waals surface area contributed by atoms with Crippen LogP contribution in [0, 0.1) is 11.7 Å². The summed E-state index contributed by atoms with van der Waals surface area (Å²) in [6.45, 7) is 5.41. The van der Waals surface area contributed by atoms with Gasteiger partial charge in [0, 0.05) is 17.3 Å². The average Bonchev–Trinajstić information content (AvgIpc) is 2.28. The zero-order valence-electron chi connectivity index (χ0n) is 9.87. The van der Waals surface area contributed by atoms with Gasteiger partial charge in [-0.3, -0.25) is 4.79 Å². The third-order valence-corrected chi connectivity index (χ3v) is 2.46. The molecule has 1 aromatic rings. The number of allylic oxidation sites excluding steroid dienone is 1. The SMILES string of the molecule is C=C(N)CCC(C)C(=O)Nc1ccc(F)cc1. The van der Waals surface area contributed by atoms with Gasteiger partial charge in [-0.05, 0) is 37.1 Å². The molecule has 0 saturated heterocycles. The van der Waals surface area contributed by atoms with Crippen molar-refractivity contribution >= 4 is 11.6 Å². The van der Waals surface area contributed by atoms with Crippen LogP contribution in [0.1, 0.15) is 19.8 Å². The molecule has 17 heavy (non-hydrogen) atoms. The predicted octanol–water partition coefficient (Wildman–Crippen LogP) is 2.65. The number of nitrogens with two attached hydrogens (primary N) is 1. The minimum atomic E-state index is -0.324. The molecule has 0 aliphatic carbocycles. The lowest BCUT2D eigenvalue weighted by molar-refractivity contribution is -0.119. The number of rotatable bonds is 5. The van der Waals surface area contributed by atoms with Gasteiger partial charge in [-0.25, -0.2) is 4.39 Å². The largest absolute Gasteiger partial charge is 0.403 e. The van der Waals surface area contributed by atoms with Crippen LogP contribution in [0.2, 0.25) is 0 Å². The number of halogens is 1. The van der Waals surface area contributed by atoms with Crippen molar-refractivity contribution in [3.05, 3.63) is 42.4 Å². The Morgan fingerprint density at radius 2 is 2.06 bits per heavy atom. The summed E-state index contributed by atoms with van der Waals surface area (Å²) in [6, 6.07) is 5.67. The topological polar surface area (TPSA) is 55.1 Å². The fourth-order valence-corrected chi connectivity index (χ4v) is 1.33. The minimum Gasteiger partial charge on any atom is -0.403 e. The Morgan fingerprint density at radius 1 is 1.47 bits per heavy atom. The summed E-state index contributed by atoms with van der Waals surface area (Å²) < 4.78 is 12.7. The molecule has 3 N–H and O–H groups in total. The molecule has 0 aromatic heterocycles. The first-order chi connectivity index (χ1) is 7.99. The first kappa shape index (κ1) is 13.2. The van der Waals surface area contributed by atoms with Crippen molar-refractivity contribution in [3.63, 3.8) is 0 Å². The van der Waals surface area contributed by atoms with Crippen LogP contribution in [0.15, 0.2) is 36.5 Å². The van der Waals surface area contributed by atoms with E-state index in [-0.39, 0.29) is 17.6 Å². The van der Waals surface area contributed by atoms with Crippen LogP contribution >= 0.6 is 0 Å². The molecule has 1 amide bonds. The maximum absolute atomic E-state index is 12.7. The van der Waals surface area contributed by atoms with E-state index in [1.807, 2.05) is 6.92 Å². The summed E-state index contributed by atoms with van der Waals surface area (Å²) >= 11 is 0. The summed E-state index contributed by atoms with van der Waals surface area (Å²) in [6.07, 6.45) is 1.28. The van der Waals surface area contributed by atoms with Crippen LogP contribution in [0.4, 0.5) is 10.1 Å². The quantitative estimate of drug-likeness (QED) is 0.825. The van der Waals surface area contributed by atoms with Gasteiger partial charge in [0.25, 0.3) is 0 Å². The number of amides is 1. The number of hydrogen-bond donors (Lipinski definition) is 2. The van der Waals surface area contributed by atoms with Gasteiger partial charge in [0.2, 0.25) is 5.91 Å². The molecule has 1 atom stereocenters. The highest BCUT2D eigenvalue weighted by Crippen LogP contribution is 2.13. The molecule has 4 heteroatoms. The molecule has 0 aliphatic heterocycles. The first-order valence-corrected chi connectivity index (χ1v) is 5.48. The molecule has 0 saturated carbocycles. The van der Waals surface area contributed by atoms with Gasteiger partial charge < -0.3 is 11.1 Å². The molecule has 0 fully saturated rings. The Morgan fingerprint density at radius 3 is 2.59 bits per heavy atom. The Hall–Kier alpha value is -1.84. The summed E-state index contributed by atoms with van der Waals surface area (Å²) in [4.78, 5) is 11.7. The van der Waals surface area contributed by atoms with E-state index in [0.717, 1.165) is 0 Å². The lowest BCUT2D eigenvalue weighted by Gasteiger charge is -2.11. The zero-order valence-corrected chi connectivity index (χ0v) is 9.87. The molecule has 92 valence electrons. The molecule has 0 spiro atoms. The molecular weight excluding hydrogens is 219 g/mol. The van der Waals surface area contributed by atoms with E-state index in [9.17, 15) is 9.18 Å². The second kappa shape index (κ2) is 6.03. The lowest BCUT2D eigenvalue weighted by atomic mass is 10.0. The van der Waals surface area contributed by atoms with E-state index in [4.69, 9.17) is 5.73 Å². The highest BCUT2D eigenvalue weighted by molar-refractivity contribution is 5.92. The Balaban J connectivity index is 2.48. The van der Waals surface area contributed by atoms with Crippen LogP contribution < -0.4 is 11.1 Å². The number of nitrogens with one attached hydrogen (secondary N) is 1. The van der Waals surface area contributed by atoms with Crippen LogP contribution in [0.25, 0.3) is 0 Å². The van der Waals surface area contributed by atoms with E-state index in [2.05, 4.69) is 11.9 Å². The molecule has 0 radical (unpaired) electrons. The van der Waals surface area contributed by atoms with Crippen molar-refractivity contribution in [1.29, 1.82) is 0 Å². The summed E-state index contributed by atoms with van der Waals surface area (Å²) in [5.41, 5.74) is 6.61. The molecule has 0 aliphatic rings.